The number of fused-ring (bicyclic) bond motifs is 1. The lowest BCUT2D eigenvalue weighted by Gasteiger charge is -2.40. The van der Waals surface area contributed by atoms with Gasteiger partial charge in [-0.2, -0.15) is 11.8 Å². The van der Waals surface area contributed by atoms with Crippen LogP contribution in [0.5, 0.6) is 0 Å². The minimum absolute atomic E-state index is 0.192. The quantitative estimate of drug-likeness (QED) is 0.829. The largest absolute Gasteiger partial charge is 0.378 e. The summed E-state index contributed by atoms with van der Waals surface area (Å²) in [7, 11) is 0. The van der Waals surface area contributed by atoms with Gasteiger partial charge in [-0.3, -0.25) is 0 Å². The number of benzene rings is 2. The molecule has 2 heteroatoms. The molecule has 1 aliphatic rings. The molecule has 0 aromatic heterocycles. The molecule has 1 heterocycles. The summed E-state index contributed by atoms with van der Waals surface area (Å²) in [5.74, 6) is 1.15. The molecule has 1 N–H and O–H groups in total. The van der Waals surface area contributed by atoms with Crippen LogP contribution in [0.25, 0.3) is 0 Å². The Morgan fingerprint density at radius 3 is 2.55 bits per heavy atom. The first kappa shape index (κ1) is 13.6. The highest BCUT2D eigenvalue weighted by atomic mass is 32.2. The molecule has 0 fully saturated rings. The van der Waals surface area contributed by atoms with E-state index >= 15 is 0 Å². The molecule has 2 aromatic carbocycles. The number of rotatable bonds is 3. The van der Waals surface area contributed by atoms with Gasteiger partial charge in [0, 0.05) is 10.4 Å². The number of hydrogen-bond acceptors (Lipinski definition) is 2. The Morgan fingerprint density at radius 1 is 1.10 bits per heavy atom. The molecule has 0 bridgehead atoms. The number of nitrogens with one attached hydrogen (secondary N) is 1. The van der Waals surface area contributed by atoms with Gasteiger partial charge in [-0.1, -0.05) is 55.5 Å². The second-order valence-electron chi connectivity index (χ2n) is 5.52. The second-order valence-corrected chi connectivity index (χ2v) is 7.29. The van der Waals surface area contributed by atoms with E-state index in [2.05, 4.69) is 85.5 Å². The molecule has 2 atom stereocenters. The lowest BCUT2D eigenvalue weighted by atomic mass is 9.85. The summed E-state index contributed by atoms with van der Waals surface area (Å²) in [5.41, 5.74) is 4.11. The van der Waals surface area contributed by atoms with E-state index in [0.717, 1.165) is 12.2 Å². The van der Waals surface area contributed by atoms with E-state index < -0.39 is 0 Å². The summed E-state index contributed by atoms with van der Waals surface area (Å²) < 4.78 is 0.192. The van der Waals surface area contributed by atoms with Gasteiger partial charge < -0.3 is 5.32 Å². The number of para-hydroxylation sites is 1. The molecule has 0 aliphatic carbocycles. The SMILES string of the molecule is CCSC1(C)CC(c2ccccc2)Nc2ccccc21. The summed E-state index contributed by atoms with van der Waals surface area (Å²) in [6.45, 7) is 4.63. The van der Waals surface area contributed by atoms with Crippen molar-refractivity contribution in [1.82, 2.24) is 0 Å². The molecule has 20 heavy (non-hydrogen) atoms. The fraction of sp³-hybridized carbons (Fsp3) is 0.333. The Balaban J connectivity index is 2.00. The molecule has 1 aliphatic heterocycles. The topological polar surface area (TPSA) is 12.0 Å². The van der Waals surface area contributed by atoms with Gasteiger partial charge in [0.2, 0.25) is 0 Å². The van der Waals surface area contributed by atoms with Crippen molar-refractivity contribution in [2.45, 2.75) is 31.1 Å². The van der Waals surface area contributed by atoms with Crippen LogP contribution in [0.4, 0.5) is 5.69 Å². The lowest BCUT2D eigenvalue weighted by Crippen LogP contribution is -2.31. The summed E-state index contributed by atoms with van der Waals surface area (Å²) >= 11 is 2.06. The summed E-state index contributed by atoms with van der Waals surface area (Å²) in [6.07, 6.45) is 1.13. The molecule has 1 nitrogen and oxygen atoms in total. The van der Waals surface area contributed by atoms with Crippen LogP contribution in [0.3, 0.4) is 0 Å². The van der Waals surface area contributed by atoms with E-state index in [0.29, 0.717) is 6.04 Å². The van der Waals surface area contributed by atoms with Gasteiger partial charge in [-0.05, 0) is 36.3 Å². The van der Waals surface area contributed by atoms with Gasteiger partial charge >= 0.3 is 0 Å². The first-order chi connectivity index (χ1) is 9.73. The van der Waals surface area contributed by atoms with Crippen molar-refractivity contribution in [3.63, 3.8) is 0 Å². The average molecular weight is 283 g/mol. The molecule has 2 aromatic rings. The Morgan fingerprint density at radius 2 is 1.80 bits per heavy atom. The summed E-state index contributed by atoms with van der Waals surface area (Å²) in [6, 6.07) is 19.9. The van der Waals surface area contributed by atoms with Crippen LogP contribution < -0.4 is 5.32 Å². The van der Waals surface area contributed by atoms with Crippen LogP contribution in [0, 0.1) is 0 Å². The van der Waals surface area contributed by atoms with Crippen LogP contribution in [0.1, 0.15) is 37.4 Å². The van der Waals surface area contributed by atoms with Crippen molar-refractivity contribution in [3.05, 3.63) is 65.7 Å². The predicted octanol–water partition coefficient (Wildman–Crippen LogP) is 5.21. The fourth-order valence-electron chi connectivity index (χ4n) is 3.15. The van der Waals surface area contributed by atoms with Crippen molar-refractivity contribution in [1.29, 1.82) is 0 Å². The Hall–Kier alpha value is -1.41. The highest BCUT2D eigenvalue weighted by molar-refractivity contribution is 8.00. The Labute approximate surface area is 125 Å². The molecule has 2 unspecified atom stereocenters. The molecular formula is C18H21NS. The monoisotopic (exact) mass is 283 g/mol. The smallest absolute Gasteiger partial charge is 0.0530 e. The molecule has 104 valence electrons. The van der Waals surface area contributed by atoms with Crippen LogP contribution in [0.15, 0.2) is 54.6 Å². The van der Waals surface area contributed by atoms with Gasteiger partial charge in [-0.25, -0.2) is 0 Å². The summed E-state index contributed by atoms with van der Waals surface area (Å²) in [4.78, 5) is 0. The molecule has 0 saturated heterocycles. The van der Waals surface area contributed by atoms with Gasteiger partial charge in [-0.15, -0.1) is 0 Å². The van der Waals surface area contributed by atoms with Crippen molar-refractivity contribution < 1.29 is 0 Å². The average Bonchev–Trinajstić information content (AvgIpc) is 2.48. The fourth-order valence-corrected chi connectivity index (χ4v) is 4.41. The third-order valence-corrected chi connectivity index (χ3v) is 5.40. The molecule has 0 radical (unpaired) electrons. The maximum absolute atomic E-state index is 3.71. The standard InChI is InChI=1S/C18H21NS/c1-3-20-18(2)13-17(14-9-5-4-6-10-14)19-16-12-8-7-11-15(16)18/h4-12,17,19H,3,13H2,1-2H3. The zero-order chi connectivity index (χ0) is 14.0. The van der Waals surface area contributed by atoms with Crippen LogP contribution in [-0.2, 0) is 4.75 Å². The van der Waals surface area contributed by atoms with Crippen molar-refractivity contribution >= 4 is 17.4 Å². The van der Waals surface area contributed by atoms with E-state index in [9.17, 15) is 0 Å². The molecule has 0 spiro atoms. The van der Waals surface area contributed by atoms with Crippen LogP contribution >= 0.6 is 11.8 Å². The number of hydrogen-bond donors (Lipinski definition) is 1. The maximum Gasteiger partial charge on any atom is 0.0530 e. The third-order valence-electron chi connectivity index (χ3n) is 4.09. The first-order valence-electron chi connectivity index (χ1n) is 7.28. The van der Waals surface area contributed by atoms with Crippen molar-refractivity contribution in [3.8, 4) is 0 Å². The minimum atomic E-state index is 0.192. The Kier molecular flexibility index (Phi) is 3.75. The summed E-state index contributed by atoms with van der Waals surface area (Å²) in [5, 5.41) is 3.71. The van der Waals surface area contributed by atoms with E-state index in [4.69, 9.17) is 0 Å². The zero-order valence-electron chi connectivity index (χ0n) is 12.1. The Bertz CT molecular complexity index is 581. The van der Waals surface area contributed by atoms with Crippen molar-refractivity contribution in [2.24, 2.45) is 0 Å². The number of thioether (sulfide) groups is 1. The number of anilines is 1. The van der Waals surface area contributed by atoms with E-state index in [1.54, 1.807) is 0 Å². The van der Waals surface area contributed by atoms with Gasteiger partial charge in [0.05, 0.1) is 6.04 Å². The van der Waals surface area contributed by atoms with Crippen LogP contribution in [-0.4, -0.2) is 5.75 Å². The third kappa shape index (κ3) is 2.45. The lowest BCUT2D eigenvalue weighted by molar-refractivity contribution is 0.536. The van der Waals surface area contributed by atoms with E-state index in [1.807, 2.05) is 0 Å². The second kappa shape index (κ2) is 5.53. The molecule has 3 rings (SSSR count). The highest BCUT2D eigenvalue weighted by Crippen LogP contribution is 2.50. The first-order valence-corrected chi connectivity index (χ1v) is 8.26. The normalized spacial score (nSPS) is 24.8. The van der Waals surface area contributed by atoms with Gasteiger partial charge in [0.15, 0.2) is 0 Å². The van der Waals surface area contributed by atoms with Crippen molar-refractivity contribution in [2.75, 3.05) is 11.1 Å². The predicted molar refractivity (Wildman–Crippen MR) is 89.3 cm³/mol. The highest BCUT2D eigenvalue weighted by Gasteiger charge is 2.36. The molecule has 0 amide bonds. The molecule has 0 saturated carbocycles. The maximum atomic E-state index is 3.71. The van der Waals surface area contributed by atoms with E-state index in [-0.39, 0.29) is 4.75 Å². The van der Waals surface area contributed by atoms with E-state index in [1.165, 1.54) is 16.8 Å². The van der Waals surface area contributed by atoms with Crippen LogP contribution in [0.2, 0.25) is 0 Å². The molecular weight excluding hydrogens is 262 g/mol. The van der Waals surface area contributed by atoms with Gasteiger partial charge in [0.1, 0.15) is 0 Å². The zero-order valence-corrected chi connectivity index (χ0v) is 12.9. The minimum Gasteiger partial charge on any atom is -0.378 e. The van der Waals surface area contributed by atoms with Gasteiger partial charge in [0.25, 0.3) is 0 Å².